The Morgan fingerprint density at radius 3 is 2.27 bits per heavy atom. The Morgan fingerprint density at radius 2 is 1.68 bits per heavy atom. The zero-order chi connectivity index (χ0) is 28.8. The number of nitrogens with one attached hydrogen (secondary N) is 1. The highest BCUT2D eigenvalue weighted by atomic mass is 35.5. The van der Waals surface area contributed by atoms with Gasteiger partial charge in [0.15, 0.2) is 0 Å². The lowest BCUT2D eigenvalue weighted by molar-refractivity contribution is -0.140. The number of rotatable bonds is 9. The maximum absolute atomic E-state index is 13.5. The molecule has 0 aromatic heterocycles. The van der Waals surface area contributed by atoms with E-state index in [0.29, 0.717) is 39.7 Å². The summed E-state index contributed by atoms with van der Waals surface area (Å²) in [4.78, 5) is 28.6. The number of benzene rings is 2. The number of halogens is 2. The normalized spacial score (nSPS) is 19.3. The van der Waals surface area contributed by atoms with Gasteiger partial charge < -0.3 is 19.9 Å². The Balaban J connectivity index is 1.39. The first-order valence-corrected chi connectivity index (χ1v) is 14.0. The Labute approximate surface area is 239 Å². The van der Waals surface area contributed by atoms with Crippen molar-refractivity contribution >= 4 is 23.5 Å². The van der Waals surface area contributed by atoms with Crippen molar-refractivity contribution in [2.75, 3.05) is 32.8 Å². The first-order chi connectivity index (χ1) is 19.2. The number of aliphatic hydroxyl groups excluding tert-OH is 1. The molecular weight excluding hydrogens is 535 g/mol. The second-order valence-electron chi connectivity index (χ2n) is 10.2. The average Bonchev–Trinajstić information content (AvgIpc) is 2.93. The summed E-state index contributed by atoms with van der Waals surface area (Å²) in [6, 6.07) is 13.1. The van der Waals surface area contributed by atoms with Gasteiger partial charge in [-0.1, -0.05) is 35.9 Å². The lowest BCUT2D eigenvalue weighted by Crippen LogP contribution is -2.38. The van der Waals surface area contributed by atoms with Crippen molar-refractivity contribution in [3.05, 3.63) is 93.0 Å². The molecule has 2 aromatic carbocycles. The molecule has 40 heavy (non-hydrogen) atoms. The number of carbonyl (C=O) groups is 2. The molecule has 1 saturated heterocycles. The molecule has 2 N–H and O–H groups in total. The van der Waals surface area contributed by atoms with Crippen LogP contribution in [0.3, 0.4) is 0 Å². The van der Waals surface area contributed by atoms with Crippen LogP contribution in [0.2, 0.25) is 5.02 Å². The summed E-state index contributed by atoms with van der Waals surface area (Å²) in [5, 5.41) is 14.4. The maximum atomic E-state index is 13.5. The second-order valence-corrected chi connectivity index (χ2v) is 10.7. The Bertz CT molecular complexity index is 1280. The topological polar surface area (TPSA) is 88.1 Å². The van der Waals surface area contributed by atoms with Crippen LogP contribution in [-0.2, 0) is 19.1 Å². The average molecular weight is 571 g/mol. The monoisotopic (exact) mass is 570 g/mol. The van der Waals surface area contributed by atoms with Crippen molar-refractivity contribution in [1.82, 2.24) is 10.2 Å². The van der Waals surface area contributed by atoms with Gasteiger partial charge in [-0.15, -0.1) is 0 Å². The van der Waals surface area contributed by atoms with Gasteiger partial charge in [0.05, 0.1) is 29.8 Å². The van der Waals surface area contributed by atoms with Crippen molar-refractivity contribution in [1.29, 1.82) is 0 Å². The van der Waals surface area contributed by atoms with Crippen LogP contribution < -0.4 is 5.32 Å². The molecule has 0 saturated carbocycles. The summed E-state index contributed by atoms with van der Waals surface area (Å²) in [6.45, 7) is 7.75. The number of aliphatic hydroxyl groups is 1. The van der Waals surface area contributed by atoms with Gasteiger partial charge in [-0.25, -0.2) is 14.0 Å². The fourth-order valence-corrected chi connectivity index (χ4v) is 5.73. The van der Waals surface area contributed by atoms with Gasteiger partial charge in [-0.2, -0.15) is 0 Å². The van der Waals surface area contributed by atoms with Gasteiger partial charge in [0.1, 0.15) is 12.4 Å². The third-order valence-corrected chi connectivity index (χ3v) is 7.82. The summed E-state index contributed by atoms with van der Waals surface area (Å²) in [5.74, 6) is -1.93. The lowest BCUT2D eigenvalue weighted by atomic mass is 9.80. The molecule has 0 bridgehead atoms. The van der Waals surface area contributed by atoms with E-state index in [1.807, 2.05) is 6.07 Å². The molecule has 9 heteroatoms. The van der Waals surface area contributed by atoms with Crippen molar-refractivity contribution < 1.29 is 28.6 Å². The number of likely N-dealkylation sites (tertiary alicyclic amines) is 1. The highest BCUT2D eigenvalue weighted by Crippen LogP contribution is 2.40. The Morgan fingerprint density at radius 1 is 1.05 bits per heavy atom. The number of esters is 2. The van der Waals surface area contributed by atoms with Gasteiger partial charge in [0.2, 0.25) is 0 Å². The zero-order valence-electron chi connectivity index (χ0n) is 23.1. The third kappa shape index (κ3) is 6.92. The molecule has 2 unspecified atom stereocenters. The second kappa shape index (κ2) is 13.4. The van der Waals surface area contributed by atoms with Gasteiger partial charge >= 0.3 is 11.9 Å². The van der Waals surface area contributed by atoms with E-state index < -0.39 is 24.0 Å². The smallest absolute Gasteiger partial charge is 0.336 e. The van der Waals surface area contributed by atoms with E-state index in [2.05, 4.69) is 10.2 Å². The molecule has 2 atom stereocenters. The lowest BCUT2D eigenvalue weighted by Gasteiger charge is -2.34. The predicted molar refractivity (Wildman–Crippen MR) is 151 cm³/mol. The van der Waals surface area contributed by atoms with Crippen LogP contribution in [0.5, 0.6) is 0 Å². The summed E-state index contributed by atoms with van der Waals surface area (Å²) in [7, 11) is 0. The van der Waals surface area contributed by atoms with E-state index in [9.17, 15) is 19.1 Å². The quantitative estimate of drug-likeness (QED) is 0.397. The number of dihydropyridines is 1. The molecule has 2 aliphatic heterocycles. The summed E-state index contributed by atoms with van der Waals surface area (Å²) >= 11 is 6.28. The third-order valence-electron chi connectivity index (χ3n) is 7.59. The largest absolute Gasteiger partial charge is 0.463 e. The molecular formula is C31H36ClFN2O5. The Hall–Kier alpha value is -3.20. The molecule has 0 radical (unpaired) electrons. The summed E-state index contributed by atoms with van der Waals surface area (Å²) in [6.07, 6.45) is 0.928. The van der Waals surface area contributed by atoms with Crippen molar-refractivity contribution in [3.63, 3.8) is 0 Å². The fourth-order valence-electron chi connectivity index (χ4n) is 5.53. The van der Waals surface area contributed by atoms with Gasteiger partial charge in [-0.05, 0) is 88.0 Å². The summed E-state index contributed by atoms with van der Waals surface area (Å²) in [5.41, 5.74) is 3.34. The maximum Gasteiger partial charge on any atom is 0.336 e. The minimum Gasteiger partial charge on any atom is -0.463 e. The molecule has 0 amide bonds. The van der Waals surface area contributed by atoms with Crippen molar-refractivity contribution in [2.45, 2.75) is 45.6 Å². The molecule has 214 valence electrons. The van der Waals surface area contributed by atoms with E-state index >= 15 is 0 Å². The van der Waals surface area contributed by atoms with Crippen LogP contribution in [0.1, 0.15) is 56.8 Å². The minimum atomic E-state index is -0.685. The molecule has 2 heterocycles. The van der Waals surface area contributed by atoms with Gasteiger partial charge in [0, 0.05) is 23.0 Å². The van der Waals surface area contributed by atoms with Crippen LogP contribution in [-0.4, -0.2) is 54.8 Å². The van der Waals surface area contributed by atoms with Crippen LogP contribution in [0, 0.1) is 11.7 Å². The molecule has 1 fully saturated rings. The molecule has 7 nitrogen and oxygen atoms in total. The first-order valence-electron chi connectivity index (χ1n) is 13.6. The molecule has 0 aliphatic carbocycles. The number of hydrogen-bond acceptors (Lipinski definition) is 7. The number of carbonyl (C=O) groups excluding carboxylic acids is 2. The van der Waals surface area contributed by atoms with Crippen LogP contribution in [0.25, 0.3) is 0 Å². The number of nitrogens with zero attached hydrogens (tertiary/aromatic N) is 1. The van der Waals surface area contributed by atoms with E-state index in [4.69, 9.17) is 21.1 Å². The highest BCUT2D eigenvalue weighted by Gasteiger charge is 2.38. The van der Waals surface area contributed by atoms with Crippen LogP contribution >= 0.6 is 11.6 Å². The van der Waals surface area contributed by atoms with Gasteiger partial charge in [0.25, 0.3) is 0 Å². The fraction of sp³-hybridized carbons (Fsp3) is 0.419. The number of allylic oxidation sites excluding steroid dienone is 2. The zero-order valence-corrected chi connectivity index (χ0v) is 23.8. The number of hydrogen-bond donors (Lipinski definition) is 2. The molecule has 0 spiro atoms. The molecule has 4 rings (SSSR count). The van der Waals surface area contributed by atoms with Crippen LogP contribution in [0.4, 0.5) is 4.39 Å². The molecule has 2 aliphatic rings. The van der Waals surface area contributed by atoms with E-state index in [0.717, 1.165) is 31.5 Å². The van der Waals surface area contributed by atoms with Gasteiger partial charge in [-0.3, -0.25) is 4.90 Å². The number of piperidine rings is 1. The first kappa shape index (κ1) is 29.8. The minimum absolute atomic E-state index is 0.0835. The summed E-state index contributed by atoms with van der Waals surface area (Å²) < 4.78 is 24.3. The standard InChI is InChI=1S/C31H36ClFN2O5/c1-4-39-30(37)26-19(2)34-20(3)27(28(26)23-6-5-7-24(32)18-23)31(38)40-17-16-35-14-12-22(13-15-35)29(36)21-8-10-25(33)11-9-21/h5-11,18,22,28-29,34,36H,4,12-17H2,1-3H3. The SMILES string of the molecule is CCOC(=O)C1=C(C)NC(C)=C(C(=O)OCCN2CCC(C(O)c3ccc(F)cc3)CC2)C1c1cccc(Cl)c1. The van der Waals surface area contributed by atoms with Crippen LogP contribution in [0.15, 0.2) is 71.1 Å². The number of ether oxygens (including phenoxy) is 2. The van der Waals surface area contributed by atoms with E-state index in [1.54, 1.807) is 51.1 Å². The van der Waals surface area contributed by atoms with Crippen molar-refractivity contribution in [3.8, 4) is 0 Å². The van der Waals surface area contributed by atoms with E-state index in [-0.39, 0.29) is 24.9 Å². The molecule has 2 aromatic rings. The highest BCUT2D eigenvalue weighted by molar-refractivity contribution is 6.30. The Kier molecular flexibility index (Phi) is 10.0. The van der Waals surface area contributed by atoms with Crippen molar-refractivity contribution in [2.24, 2.45) is 5.92 Å². The van der Waals surface area contributed by atoms with E-state index in [1.165, 1.54) is 12.1 Å². The predicted octanol–water partition coefficient (Wildman–Crippen LogP) is 5.27.